The largest absolute Gasteiger partial charge is 0.353 e. The summed E-state index contributed by atoms with van der Waals surface area (Å²) in [6, 6.07) is 1.83. The topological polar surface area (TPSA) is 37.8 Å². The molecule has 0 unspecified atom stereocenters. The van der Waals surface area contributed by atoms with Crippen molar-refractivity contribution in [2.45, 2.75) is 24.0 Å². The van der Waals surface area contributed by atoms with Crippen LogP contribution in [0.25, 0.3) is 0 Å². The van der Waals surface area contributed by atoms with E-state index in [9.17, 15) is 0 Å². The minimum Gasteiger partial charge on any atom is -0.353 e. The molecule has 2 rings (SSSR count). The number of hydrogen-bond acceptors (Lipinski definition) is 4. The average molecular weight is 209 g/mol. The molecule has 1 heterocycles. The van der Waals surface area contributed by atoms with Gasteiger partial charge in [0, 0.05) is 23.7 Å². The van der Waals surface area contributed by atoms with Crippen LogP contribution < -0.4 is 5.32 Å². The molecule has 4 heteroatoms. The molecule has 1 saturated carbocycles. The standard InChI is InChI=1S/C10H15N3S/c1-14-10(4-2-5-10)8-13-9-11-6-3-7-12-9/h3,6-7H,2,4-5,8H2,1H3,(H,11,12,13). The highest BCUT2D eigenvalue weighted by Crippen LogP contribution is 2.42. The van der Waals surface area contributed by atoms with E-state index >= 15 is 0 Å². The SMILES string of the molecule is CSC1(CNc2ncccn2)CCC1. The van der Waals surface area contributed by atoms with Gasteiger partial charge in [0.15, 0.2) is 0 Å². The Morgan fingerprint density at radius 3 is 2.64 bits per heavy atom. The lowest BCUT2D eigenvalue weighted by atomic mass is 9.84. The maximum Gasteiger partial charge on any atom is 0.222 e. The quantitative estimate of drug-likeness (QED) is 0.824. The van der Waals surface area contributed by atoms with Crippen LogP contribution in [0.2, 0.25) is 0 Å². The summed E-state index contributed by atoms with van der Waals surface area (Å²) in [6.45, 7) is 0.984. The van der Waals surface area contributed by atoms with E-state index in [1.165, 1.54) is 19.3 Å². The Hall–Kier alpha value is -0.770. The molecule has 0 radical (unpaired) electrons. The summed E-state index contributed by atoms with van der Waals surface area (Å²) in [7, 11) is 0. The minimum atomic E-state index is 0.444. The van der Waals surface area contributed by atoms with Gasteiger partial charge in [-0.05, 0) is 25.2 Å². The van der Waals surface area contributed by atoms with Gasteiger partial charge < -0.3 is 5.32 Å². The zero-order chi connectivity index (χ0) is 9.86. The zero-order valence-electron chi connectivity index (χ0n) is 8.36. The minimum absolute atomic E-state index is 0.444. The summed E-state index contributed by atoms with van der Waals surface area (Å²) in [5.74, 6) is 0.743. The van der Waals surface area contributed by atoms with Crippen LogP contribution >= 0.6 is 11.8 Å². The van der Waals surface area contributed by atoms with E-state index in [0.717, 1.165) is 12.5 Å². The summed E-state index contributed by atoms with van der Waals surface area (Å²) in [5.41, 5.74) is 0. The van der Waals surface area contributed by atoms with Crippen LogP contribution in [0.15, 0.2) is 18.5 Å². The Morgan fingerprint density at radius 1 is 1.43 bits per heavy atom. The van der Waals surface area contributed by atoms with E-state index < -0.39 is 0 Å². The van der Waals surface area contributed by atoms with Crippen molar-refractivity contribution in [3.05, 3.63) is 18.5 Å². The van der Waals surface area contributed by atoms with Gasteiger partial charge in [0.25, 0.3) is 0 Å². The van der Waals surface area contributed by atoms with E-state index in [2.05, 4.69) is 21.5 Å². The molecule has 0 atom stereocenters. The Kier molecular flexibility index (Phi) is 2.91. The van der Waals surface area contributed by atoms with Gasteiger partial charge in [-0.1, -0.05) is 6.42 Å². The van der Waals surface area contributed by atoms with Crippen LogP contribution in [0.4, 0.5) is 5.95 Å². The molecule has 0 aromatic carbocycles. The van der Waals surface area contributed by atoms with Gasteiger partial charge in [-0.3, -0.25) is 0 Å². The molecule has 0 aliphatic heterocycles. The first-order valence-corrected chi connectivity index (χ1v) is 6.13. The number of hydrogen-bond donors (Lipinski definition) is 1. The van der Waals surface area contributed by atoms with Gasteiger partial charge in [-0.2, -0.15) is 11.8 Å². The van der Waals surface area contributed by atoms with Crippen molar-refractivity contribution in [1.82, 2.24) is 9.97 Å². The molecule has 1 aromatic rings. The molecule has 1 aromatic heterocycles. The lowest BCUT2D eigenvalue weighted by Gasteiger charge is -2.40. The molecule has 1 N–H and O–H groups in total. The van der Waals surface area contributed by atoms with Gasteiger partial charge in [0.1, 0.15) is 0 Å². The fourth-order valence-corrected chi connectivity index (χ4v) is 2.57. The second kappa shape index (κ2) is 4.17. The smallest absolute Gasteiger partial charge is 0.222 e. The number of anilines is 1. The van der Waals surface area contributed by atoms with Crippen LogP contribution in [-0.4, -0.2) is 27.5 Å². The third-order valence-corrected chi connectivity index (χ3v) is 4.25. The number of rotatable bonds is 4. The molecule has 0 bridgehead atoms. The van der Waals surface area contributed by atoms with E-state index in [1.54, 1.807) is 12.4 Å². The van der Waals surface area contributed by atoms with Crippen molar-refractivity contribution < 1.29 is 0 Å². The van der Waals surface area contributed by atoms with Crippen LogP contribution in [0.5, 0.6) is 0 Å². The number of nitrogens with one attached hydrogen (secondary N) is 1. The highest BCUT2D eigenvalue weighted by Gasteiger charge is 2.35. The summed E-state index contributed by atoms with van der Waals surface area (Å²) >= 11 is 1.96. The van der Waals surface area contributed by atoms with Gasteiger partial charge in [0.05, 0.1) is 0 Å². The second-order valence-corrected chi connectivity index (χ2v) is 4.94. The van der Waals surface area contributed by atoms with E-state index in [4.69, 9.17) is 0 Å². The molecule has 14 heavy (non-hydrogen) atoms. The first-order chi connectivity index (χ1) is 6.85. The molecule has 0 spiro atoms. The Bertz CT molecular complexity index is 279. The van der Waals surface area contributed by atoms with E-state index in [0.29, 0.717) is 4.75 Å². The number of aromatic nitrogens is 2. The fraction of sp³-hybridized carbons (Fsp3) is 0.600. The second-order valence-electron chi connectivity index (χ2n) is 3.67. The van der Waals surface area contributed by atoms with Gasteiger partial charge in [-0.25, -0.2) is 9.97 Å². The molecular weight excluding hydrogens is 194 g/mol. The summed E-state index contributed by atoms with van der Waals surface area (Å²) < 4.78 is 0.444. The highest BCUT2D eigenvalue weighted by atomic mass is 32.2. The van der Waals surface area contributed by atoms with Gasteiger partial charge in [0.2, 0.25) is 5.95 Å². The molecule has 1 aliphatic rings. The lowest BCUT2D eigenvalue weighted by Crippen LogP contribution is -2.40. The third kappa shape index (κ3) is 2.00. The van der Waals surface area contributed by atoms with Crippen molar-refractivity contribution >= 4 is 17.7 Å². The van der Waals surface area contributed by atoms with Crippen molar-refractivity contribution in [3.8, 4) is 0 Å². The van der Waals surface area contributed by atoms with Gasteiger partial charge >= 0.3 is 0 Å². The Morgan fingerprint density at radius 2 is 2.14 bits per heavy atom. The highest BCUT2D eigenvalue weighted by molar-refractivity contribution is 8.00. The Balaban J connectivity index is 1.88. The van der Waals surface area contributed by atoms with Crippen LogP contribution in [0.3, 0.4) is 0 Å². The number of nitrogens with zero attached hydrogens (tertiary/aromatic N) is 2. The fourth-order valence-electron chi connectivity index (χ4n) is 1.65. The molecule has 0 amide bonds. The molecule has 0 saturated heterocycles. The van der Waals surface area contributed by atoms with Crippen molar-refractivity contribution in [3.63, 3.8) is 0 Å². The van der Waals surface area contributed by atoms with Crippen molar-refractivity contribution in [2.75, 3.05) is 18.1 Å². The molecule has 3 nitrogen and oxygen atoms in total. The first-order valence-electron chi connectivity index (χ1n) is 4.91. The van der Waals surface area contributed by atoms with Crippen LogP contribution in [0, 0.1) is 0 Å². The zero-order valence-corrected chi connectivity index (χ0v) is 9.18. The number of thioether (sulfide) groups is 1. The third-order valence-electron chi connectivity index (χ3n) is 2.83. The van der Waals surface area contributed by atoms with E-state index in [-0.39, 0.29) is 0 Å². The predicted molar refractivity (Wildman–Crippen MR) is 60.6 cm³/mol. The van der Waals surface area contributed by atoms with Crippen LogP contribution in [0.1, 0.15) is 19.3 Å². The monoisotopic (exact) mass is 209 g/mol. The molecule has 1 fully saturated rings. The lowest BCUT2D eigenvalue weighted by molar-refractivity contribution is 0.379. The summed E-state index contributed by atoms with van der Waals surface area (Å²) in [6.07, 6.45) is 9.70. The van der Waals surface area contributed by atoms with E-state index in [1.807, 2.05) is 17.8 Å². The maximum absolute atomic E-state index is 4.14. The molecule has 1 aliphatic carbocycles. The first kappa shape index (κ1) is 9.77. The Labute approximate surface area is 88.7 Å². The van der Waals surface area contributed by atoms with Crippen molar-refractivity contribution in [2.24, 2.45) is 0 Å². The summed E-state index contributed by atoms with van der Waals surface area (Å²) in [5, 5.41) is 3.30. The van der Waals surface area contributed by atoms with Gasteiger partial charge in [-0.15, -0.1) is 0 Å². The maximum atomic E-state index is 4.14. The van der Waals surface area contributed by atoms with Crippen molar-refractivity contribution in [1.29, 1.82) is 0 Å². The average Bonchev–Trinajstić information content (AvgIpc) is 2.19. The van der Waals surface area contributed by atoms with Crippen LogP contribution in [-0.2, 0) is 0 Å². The normalized spacial score (nSPS) is 18.6. The molecular formula is C10H15N3S. The summed E-state index contributed by atoms with van der Waals surface area (Å²) in [4.78, 5) is 8.29. The predicted octanol–water partition coefficient (Wildman–Crippen LogP) is 2.17. The molecule has 76 valence electrons.